The first kappa shape index (κ1) is 22.3. The number of hydrogen-bond acceptors (Lipinski definition) is 9. The van der Waals surface area contributed by atoms with Gasteiger partial charge in [0.05, 0.1) is 29.3 Å². The van der Waals surface area contributed by atoms with Gasteiger partial charge in [-0.25, -0.2) is 9.18 Å². The zero-order valence-corrected chi connectivity index (χ0v) is 19.9. The molecule has 4 aliphatic heterocycles. The fraction of sp³-hybridized carbons (Fsp3) is 0.500. The topological polar surface area (TPSA) is 134 Å². The first-order valence-electron chi connectivity index (χ1n) is 11.3. The number of barbiturate groups is 1. The number of fused-ring (bicyclic) bond motifs is 5. The Morgan fingerprint density at radius 2 is 1.86 bits per heavy atom. The van der Waals surface area contributed by atoms with Crippen LogP contribution < -0.4 is 20.4 Å². The van der Waals surface area contributed by atoms with Crippen molar-refractivity contribution in [2.75, 3.05) is 22.9 Å². The summed E-state index contributed by atoms with van der Waals surface area (Å²) in [5, 5.41) is 8.51. The van der Waals surface area contributed by atoms with E-state index in [4.69, 9.17) is 9.26 Å². The third kappa shape index (κ3) is 2.97. The number of hydrogen-bond donors (Lipinski definition) is 2. The molecule has 184 valence electrons. The molecule has 0 unspecified atom stereocenters. The molecule has 0 saturated carbocycles. The van der Waals surface area contributed by atoms with Crippen LogP contribution in [0.2, 0.25) is 0 Å². The van der Waals surface area contributed by atoms with Crippen LogP contribution in [-0.2, 0) is 20.7 Å². The summed E-state index contributed by atoms with van der Waals surface area (Å²) in [5.41, 5.74) is -1.26. The van der Waals surface area contributed by atoms with Crippen molar-refractivity contribution in [3.8, 4) is 0 Å². The predicted molar refractivity (Wildman–Crippen MR) is 123 cm³/mol. The minimum atomic E-state index is -1.73. The highest BCUT2D eigenvalue weighted by atomic mass is 32.2. The average Bonchev–Trinajstić information content (AvgIpc) is 3.33. The lowest BCUT2D eigenvalue weighted by Crippen LogP contribution is -2.75. The number of morpholine rings is 1. The summed E-state index contributed by atoms with van der Waals surface area (Å²) in [6.07, 6.45) is -1.12. The maximum absolute atomic E-state index is 16.1. The Hall–Kier alpha value is -3.19. The number of imide groups is 2. The Kier molecular flexibility index (Phi) is 4.71. The fourth-order valence-electron chi connectivity index (χ4n) is 5.91. The van der Waals surface area contributed by atoms with Gasteiger partial charge in [-0.05, 0) is 25.5 Å². The molecule has 13 heteroatoms. The van der Waals surface area contributed by atoms with Crippen molar-refractivity contribution >= 4 is 57.3 Å². The first-order chi connectivity index (χ1) is 16.6. The number of halogens is 1. The van der Waals surface area contributed by atoms with Crippen LogP contribution in [0.25, 0.3) is 11.0 Å². The first-order valence-corrected chi connectivity index (χ1v) is 12.2. The van der Waals surface area contributed by atoms with Crippen LogP contribution in [0.15, 0.2) is 10.6 Å². The molecular formula is C22H22FN5O6S. The molecular weight excluding hydrogens is 481 g/mol. The molecule has 2 aromatic rings. The molecule has 1 aromatic heterocycles. The van der Waals surface area contributed by atoms with E-state index < -0.39 is 41.2 Å². The molecule has 11 nitrogen and oxygen atoms in total. The Morgan fingerprint density at radius 3 is 2.51 bits per heavy atom. The van der Waals surface area contributed by atoms with E-state index >= 15 is 4.39 Å². The maximum atomic E-state index is 16.1. The third-order valence-electron chi connectivity index (χ3n) is 7.16. The van der Waals surface area contributed by atoms with Crippen LogP contribution in [-0.4, -0.2) is 64.8 Å². The number of carbonyl (C=O) groups is 4. The van der Waals surface area contributed by atoms with Crippen molar-refractivity contribution in [3.63, 3.8) is 0 Å². The number of carbonyl (C=O) groups excluding carboxylic acids is 4. The number of urea groups is 1. The molecule has 1 aromatic carbocycles. The van der Waals surface area contributed by atoms with Crippen molar-refractivity contribution in [1.29, 1.82) is 0 Å². The van der Waals surface area contributed by atoms with E-state index in [-0.39, 0.29) is 52.0 Å². The van der Waals surface area contributed by atoms with Gasteiger partial charge in [-0.15, -0.1) is 0 Å². The number of thioether (sulfide) groups is 1. The molecule has 5 amide bonds. The van der Waals surface area contributed by atoms with E-state index in [1.54, 1.807) is 17.9 Å². The fourth-order valence-corrected chi connectivity index (χ4v) is 6.76. The molecule has 3 fully saturated rings. The minimum absolute atomic E-state index is 0.0317. The van der Waals surface area contributed by atoms with Gasteiger partial charge < -0.3 is 14.2 Å². The van der Waals surface area contributed by atoms with Crippen LogP contribution in [0.4, 0.5) is 25.5 Å². The lowest BCUT2D eigenvalue weighted by atomic mass is 9.66. The van der Waals surface area contributed by atoms with Gasteiger partial charge in [0.1, 0.15) is 0 Å². The van der Waals surface area contributed by atoms with E-state index in [0.717, 1.165) is 11.8 Å². The van der Waals surface area contributed by atoms with Crippen molar-refractivity contribution < 1.29 is 32.8 Å². The number of nitrogens with zero attached hydrogens (tertiary/aromatic N) is 3. The van der Waals surface area contributed by atoms with Gasteiger partial charge in [0.15, 0.2) is 17.1 Å². The summed E-state index contributed by atoms with van der Waals surface area (Å²) < 4.78 is 27.4. The second-order valence-electron chi connectivity index (χ2n) is 9.52. The van der Waals surface area contributed by atoms with Crippen LogP contribution >= 0.6 is 11.8 Å². The molecule has 5 heterocycles. The summed E-state index contributed by atoms with van der Waals surface area (Å²) in [5.74, 6) is -2.01. The monoisotopic (exact) mass is 503 g/mol. The van der Waals surface area contributed by atoms with Crippen molar-refractivity contribution in [1.82, 2.24) is 15.8 Å². The van der Waals surface area contributed by atoms with Crippen molar-refractivity contribution in [2.45, 2.75) is 50.7 Å². The minimum Gasteiger partial charge on any atom is -0.372 e. The third-order valence-corrected chi connectivity index (χ3v) is 8.14. The van der Waals surface area contributed by atoms with Gasteiger partial charge in [-0.1, -0.05) is 23.8 Å². The van der Waals surface area contributed by atoms with Gasteiger partial charge in [-0.2, -0.15) is 0 Å². The average molecular weight is 504 g/mol. The number of benzene rings is 1. The standard InChI is InChI=1S/C22H22FN5O6S/c1-8-6-27-14-11(5-22(16(27)10(3)33-8)18(29)24-20(31)25-19(22)30)4-12-15(13(14)23)34-26-17(12)28-7-9(2)35-21(28)32/h4,8-10,16H,5-7H2,1-3H3,(H2,24,25,29,30,31)/t8-,9+,10+,16-/m1/s1. The summed E-state index contributed by atoms with van der Waals surface area (Å²) in [7, 11) is 0. The quantitative estimate of drug-likeness (QED) is 0.560. The highest BCUT2D eigenvalue weighted by Crippen LogP contribution is 2.50. The molecule has 35 heavy (non-hydrogen) atoms. The van der Waals surface area contributed by atoms with E-state index in [2.05, 4.69) is 15.8 Å². The number of rotatable bonds is 1. The molecule has 0 radical (unpaired) electrons. The lowest BCUT2D eigenvalue weighted by Gasteiger charge is -2.55. The Morgan fingerprint density at radius 1 is 1.14 bits per heavy atom. The number of aromatic nitrogens is 1. The second kappa shape index (κ2) is 7.40. The summed E-state index contributed by atoms with van der Waals surface area (Å²) in [4.78, 5) is 54.0. The zero-order valence-electron chi connectivity index (χ0n) is 19.1. The predicted octanol–water partition coefficient (Wildman–Crippen LogP) is 1.92. The van der Waals surface area contributed by atoms with Crippen LogP contribution in [0.3, 0.4) is 0 Å². The van der Waals surface area contributed by atoms with Gasteiger partial charge in [-0.3, -0.25) is 29.9 Å². The highest BCUT2D eigenvalue weighted by Gasteiger charge is 2.63. The molecule has 3 saturated heterocycles. The van der Waals surface area contributed by atoms with E-state index in [0.29, 0.717) is 12.1 Å². The van der Waals surface area contributed by atoms with Crippen LogP contribution in [0.5, 0.6) is 0 Å². The number of ether oxygens (including phenoxy) is 1. The summed E-state index contributed by atoms with van der Waals surface area (Å²) in [6, 6.07) is -0.144. The molecule has 4 atom stereocenters. The zero-order chi connectivity index (χ0) is 24.8. The van der Waals surface area contributed by atoms with Crippen molar-refractivity contribution in [2.24, 2.45) is 5.41 Å². The number of amides is 5. The number of nitrogens with one attached hydrogen (secondary N) is 2. The van der Waals surface area contributed by atoms with E-state index in [1.807, 2.05) is 13.8 Å². The maximum Gasteiger partial charge on any atom is 0.328 e. The SMILES string of the molecule is C[C@@H]1CN2c3c(cc4c(N5C[C@H](C)SC5=O)noc4c3F)CC3(C(=O)NC(=O)NC3=O)[C@H]2[C@H](C)O1. The Labute approximate surface area is 202 Å². The Balaban J connectivity index is 1.57. The van der Waals surface area contributed by atoms with Crippen LogP contribution in [0, 0.1) is 11.2 Å². The van der Waals surface area contributed by atoms with Gasteiger partial charge >= 0.3 is 6.03 Å². The van der Waals surface area contributed by atoms with E-state index in [1.165, 1.54) is 4.90 Å². The van der Waals surface area contributed by atoms with Gasteiger partial charge in [0.2, 0.25) is 17.4 Å². The second-order valence-corrected chi connectivity index (χ2v) is 10.9. The van der Waals surface area contributed by atoms with Gasteiger partial charge in [0, 0.05) is 24.8 Å². The van der Waals surface area contributed by atoms with Crippen LogP contribution in [0.1, 0.15) is 26.3 Å². The van der Waals surface area contributed by atoms with Crippen molar-refractivity contribution in [3.05, 3.63) is 17.4 Å². The largest absolute Gasteiger partial charge is 0.372 e. The smallest absolute Gasteiger partial charge is 0.328 e. The van der Waals surface area contributed by atoms with Gasteiger partial charge in [0.25, 0.3) is 5.24 Å². The highest BCUT2D eigenvalue weighted by molar-refractivity contribution is 8.14. The molecule has 6 rings (SSSR count). The molecule has 1 spiro atoms. The normalized spacial score (nSPS) is 29.9. The summed E-state index contributed by atoms with van der Waals surface area (Å²) in [6.45, 7) is 6.04. The molecule has 0 aliphatic carbocycles. The van der Waals surface area contributed by atoms with E-state index in [9.17, 15) is 19.2 Å². The molecule has 4 aliphatic rings. The molecule has 0 bridgehead atoms. The Bertz CT molecular complexity index is 1310. The number of anilines is 2. The lowest BCUT2D eigenvalue weighted by molar-refractivity contribution is -0.153. The molecule has 2 N–H and O–H groups in total. The summed E-state index contributed by atoms with van der Waals surface area (Å²) >= 11 is 1.15.